The summed E-state index contributed by atoms with van der Waals surface area (Å²) in [6.07, 6.45) is 1.72. The van der Waals surface area contributed by atoms with Crippen molar-refractivity contribution in [2.75, 3.05) is 44.7 Å². The smallest absolute Gasteiger partial charge is 0.338 e. The minimum atomic E-state index is -0.717. The van der Waals surface area contributed by atoms with Crippen LogP contribution < -0.4 is 19.8 Å². The number of piperazine rings is 1. The number of hydrogen-bond donors (Lipinski definition) is 0. The van der Waals surface area contributed by atoms with E-state index in [0.717, 1.165) is 43.0 Å². The number of ether oxygens (including phenoxy) is 1. The van der Waals surface area contributed by atoms with Gasteiger partial charge in [-0.1, -0.05) is 49.4 Å². The van der Waals surface area contributed by atoms with Gasteiger partial charge in [0.15, 0.2) is 4.80 Å². The van der Waals surface area contributed by atoms with Gasteiger partial charge in [0.25, 0.3) is 11.2 Å². The Labute approximate surface area is 248 Å². The van der Waals surface area contributed by atoms with Crippen molar-refractivity contribution in [3.05, 3.63) is 100 Å². The number of nitro groups is 1. The lowest BCUT2D eigenvalue weighted by atomic mass is 9.93. The summed E-state index contributed by atoms with van der Waals surface area (Å²) >= 11 is 1.21. The van der Waals surface area contributed by atoms with Crippen LogP contribution in [0, 0.1) is 10.1 Å². The zero-order valence-corrected chi connectivity index (χ0v) is 25.3. The number of nitrogens with zero attached hydrogens (tertiary/aromatic N) is 5. The second-order valence-electron chi connectivity index (χ2n) is 10.9. The lowest BCUT2D eigenvalue weighted by molar-refractivity contribution is -0.384. The molecular formula is C31H35N5O5S. The van der Waals surface area contributed by atoms with Crippen LogP contribution in [-0.4, -0.2) is 60.2 Å². The molecule has 1 aromatic heterocycles. The third kappa shape index (κ3) is 5.66. The van der Waals surface area contributed by atoms with Crippen LogP contribution in [0.3, 0.4) is 0 Å². The lowest BCUT2D eigenvalue weighted by Crippen LogP contribution is -2.44. The number of nitro benzene ring substituents is 1. The van der Waals surface area contributed by atoms with Gasteiger partial charge in [0, 0.05) is 49.6 Å². The third-order valence-corrected chi connectivity index (χ3v) is 8.77. The van der Waals surface area contributed by atoms with Crippen molar-refractivity contribution in [2.45, 2.75) is 39.7 Å². The first-order valence-electron chi connectivity index (χ1n) is 14.1. The van der Waals surface area contributed by atoms with Gasteiger partial charge in [-0.25, -0.2) is 9.79 Å². The summed E-state index contributed by atoms with van der Waals surface area (Å²) < 4.78 is 7.33. The van der Waals surface area contributed by atoms with Gasteiger partial charge in [0.1, 0.15) is 0 Å². The Hall–Kier alpha value is -4.09. The molecule has 1 saturated heterocycles. The predicted octanol–water partition coefficient (Wildman–Crippen LogP) is 3.58. The number of carbonyl (C=O) groups is 1. The van der Waals surface area contributed by atoms with Gasteiger partial charge >= 0.3 is 5.97 Å². The number of thiazole rings is 1. The summed E-state index contributed by atoms with van der Waals surface area (Å²) in [6.45, 7) is 11.2. The molecule has 2 aliphatic rings. The molecule has 0 spiro atoms. The minimum absolute atomic E-state index is 0.0459. The van der Waals surface area contributed by atoms with E-state index in [4.69, 9.17) is 4.74 Å². The fourth-order valence-electron chi connectivity index (χ4n) is 5.42. The first-order chi connectivity index (χ1) is 20.1. The van der Waals surface area contributed by atoms with Crippen molar-refractivity contribution in [3.8, 4) is 0 Å². The molecule has 1 fully saturated rings. The van der Waals surface area contributed by atoms with Crippen LogP contribution in [0.4, 0.5) is 11.4 Å². The zero-order chi connectivity index (χ0) is 30.1. The van der Waals surface area contributed by atoms with Gasteiger partial charge < -0.3 is 14.5 Å². The Morgan fingerprint density at radius 3 is 2.48 bits per heavy atom. The van der Waals surface area contributed by atoms with E-state index in [0.29, 0.717) is 32.1 Å². The Morgan fingerprint density at radius 1 is 1.17 bits per heavy atom. The summed E-state index contributed by atoms with van der Waals surface area (Å²) in [5.41, 5.74) is 3.80. The van der Waals surface area contributed by atoms with Crippen molar-refractivity contribution in [1.82, 2.24) is 9.47 Å². The number of rotatable bonds is 7. The topological polar surface area (TPSA) is 110 Å². The molecule has 1 atom stereocenters. The van der Waals surface area contributed by atoms with Gasteiger partial charge in [0.05, 0.1) is 33.4 Å². The minimum Gasteiger partial charge on any atom is -0.463 e. The Kier molecular flexibility index (Phi) is 8.42. The summed E-state index contributed by atoms with van der Waals surface area (Å²) in [5, 5.41) is 11.7. The van der Waals surface area contributed by atoms with Crippen LogP contribution in [0.15, 0.2) is 63.5 Å². The predicted molar refractivity (Wildman–Crippen MR) is 164 cm³/mol. The number of benzene rings is 2. The van der Waals surface area contributed by atoms with Gasteiger partial charge in [-0.05, 0) is 50.1 Å². The largest absolute Gasteiger partial charge is 0.463 e. The molecule has 5 rings (SSSR count). The molecule has 2 aliphatic heterocycles. The summed E-state index contributed by atoms with van der Waals surface area (Å²) in [5.74, 6) is -0.186. The molecule has 11 heteroatoms. The number of aromatic nitrogens is 1. The highest BCUT2D eigenvalue weighted by molar-refractivity contribution is 7.07. The molecule has 0 N–H and O–H groups in total. The second kappa shape index (κ2) is 12.0. The molecule has 0 saturated carbocycles. The van der Waals surface area contributed by atoms with Gasteiger partial charge in [-0.15, -0.1) is 0 Å². The number of non-ortho nitro benzene ring substituents is 1. The van der Waals surface area contributed by atoms with Crippen molar-refractivity contribution < 1.29 is 14.5 Å². The zero-order valence-electron chi connectivity index (χ0n) is 24.5. The van der Waals surface area contributed by atoms with Crippen LogP contribution in [0.2, 0.25) is 0 Å². The molecule has 3 heterocycles. The van der Waals surface area contributed by atoms with Crippen LogP contribution in [0.1, 0.15) is 56.3 Å². The van der Waals surface area contributed by atoms with Crippen LogP contribution in [0.25, 0.3) is 6.08 Å². The highest BCUT2D eigenvalue weighted by atomic mass is 32.1. The monoisotopic (exact) mass is 589 g/mol. The maximum absolute atomic E-state index is 14.1. The van der Waals surface area contributed by atoms with Crippen LogP contribution in [-0.2, 0) is 9.53 Å². The average Bonchev–Trinajstić information content (AvgIpc) is 3.26. The van der Waals surface area contributed by atoms with Crippen molar-refractivity contribution >= 4 is 34.8 Å². The van der Waals surface area contributed by atoms with Gasteiger partial charge in [-0.2, -0.15) is 0 Å². The number of carbonyl (C=O) groups excluding carboxylic acids is 1. The van der Waals surface area contributed by atoms with Gasteiger partial charge in [-0.3, -0.25) is 19.5 Å². The number of fused-ring (bicyclic) bond motifs is 1. The number of anilines is 1. The first-order valence-corrected chi connectivity index (χ1v) is 14.9. The Balaban J connectivity index is 1.69. The standard InChI is InChI=1S/C31H35N5O5S/c1-6-41-30(38)27-20(4)32-31-35(28(27)22-9-7-21(8-10-22)19(2)3)29(37)26(42-31)18-23-17-24(36(39)40)11-12-25(23)34-15-13-33(5)14-16-34/h7-12,17-19,28H,6,13-16H2,1-5H3/b26-18+/t28-/m0/s1. The molecule has 0 radical (unpaired) electrons. The SMILES string of the molecule is CCOC(=O)C1=C(C)N=c2s/c(=C/c3cc([N+](=O)[O-])ccc3N3CCN(C)CC3)c(=O)n2[C@H]1c1ccc(C(C)C)cc1. The fourth-order valence-corrected chi connectivity index (χ4v) is 6.46. The van der Waals surface area contributed by atoms with Crippen molar-refractivity contribution in [3.63, 3.8) is 0 Å². The number of hydrogen-bond acceptors (Lipinski definition) is 9. The molecule has 0 unspecified atom stereocenters. The highest BCUT2D eigenvalue weighted by Gasteiger charge is 2.33. The van der Waals surface area contributed by atoms with Crippen LogP contribution >= 0.6 is 11.3 Å². The summed E-state index contributed by atoms with van der Waals surface area (Å²) in [6, 6.07) is 12.0. The second-order valence-corrected chi connectivity index (χ2v) is 11.9. The molecule has 220 valence electrons. The molecule has 2 aromatic carbocycles. The molecule has 0 aliphatic carbocycles. The molecule has 0 bridgehead atoms. The summed E-state index contributed by atoms with van der Waals surface area (Å²) in [7, 11) is 2.06. The molecular weight excluding hydrogens is 554 g/mol. The average molecular weight is 590 g/mol. The molecule has 0 amide bonds. The maximum atomic E-state index is 14.1. The lowest BCUT2D eigenvalue weighted by Gasteiger charge is -2.34. The van der Waals surface area contributed by atoms with E-state index in [2.05, 4.69) is 35.7 Å². The van der Waals surface area contributed by atoms with E-state index in [9.17, 15) is 19.7 Å². The van der Waals surface area contributed by atoms with E-state index >= 15 is 0 Å². The highest BCUT2D eigenvalue weighted by Crippen LogP contribution is 2.32. The number of likely N-dealkylation sites (N-methyl/N-ethyl adjacent to an activating group) is 1. The maximum Gasteiger partial charge on any atom is 0.338 e. The first kappa shape index (κ1) is 29.4. The van der Waals surface area contributed by atoms with E-state index in [1.54, 1.807) is 30.6 Å². The normalized spacial score (nSPS) is 17.8. The quantitative estimate of drug-likeness (QED) is 0.235. The molecule has 3 aromatic rings. The third-order valence-electron chi connectivity index (χ3n) is 7.79. The molecule has 42 heavy (non-hydrogen) atoms. The number of esters is 1. The van der Waals surface area contributed by atoms with Crippen LogP contribution in [0.5, 0.6) is 0 Å². The van der Waals surface area contributed by atoms with Crippen molar-refractivity contribution in [1.29, 1.82) is 0 Å². The molecule has 10 nitrogen and oxygen atoms in total. The van der Waals surface area contributed by atoms with E-state index < -0.39 is 16.9 Å². The Morgan fingerprint density at radius 2 is 1.86 bits per heavy atom. The summed E-state index contributed by atoms with van der Waals surface area (Å²) in [4.78, 5) is 48.1. The van der Waals surface area contributed by atoms with E-state index in [1.807, 2.05) is 24.3 Å². The van der Waals surface area contributed by atoms with Crippen molar-refractivity contribution in [2.24, 2.45) is 4.99 Å². The number of allylic oxidation sites excluding steroid dienone is 1. The van der Waals surface area contributed by atoms with Gasteiger partial charge in [0.2, 0.25) is 0 Å². The fraction of sp³-hybridized carbons (Fsp3) is 0.387. The Bertz CT molecular complexity index is 1730. The van der Waals surface area contributed by atoms with E-state index in [-0.39, 0.29) is 17.9 Å². The van der Waals surface area contributed by atoms with E-state index in [1.165, 1.54) is 23.5 Å².